The molecule has 4 rings (SSSR count). The van der Waals surface area contributed by atoms with Crippen molar-refractivity contribution in [1.82, 2.24) is 9.38 Å². The molecule has 0 N–H and O–H groups in total. The topological polar surface area (TPSA) is 73.8 Å². The van der Waals surface area contributed by atoms with Crippen molar-refractivity contribution in [3.05, 3.63) is 73.9 Å². The number of ether oxygens (including phenoxy) is 1. The van der Waals surface area contributed by atoms with Gasteiger partial charge in [0.05, 0.1) is 5.69 Å². The van der Waals surface area contributed by atoms with E-state index in [4.69, 9.17) is 9.15 Å². The van der Waals surface area contributed by atoms with Gasteiger partial charge >= 0.3 is 5.63 Å². The van der Waals surface area contributed by atoms with Crippen molar-refractivity contribution in [3.8, 4) is 5.75 Å². The largest absolute Gasteiger partial charge is 0.487 e. The molecule has 3 aromatic heterocycles. The van der Waals surface area contributed by atoms with Crippen LogP contribution in [0.25, 0.3) is 15.9 Å². The van der Waals surface area contributed by atoms with Crippen molar-refractivity contribution in [2.75, 3.05) is 0 Å². The molecule has 0 saturated heterocycles. The van der Waals surface area contributed by atoms with E-state index in [1.54, 1.807) is 12.3 Å². The molecule has 0 aliphatic carbocycles. The van der Waals surface area contributed by atoms with Crippen LogP contribution >= 0.6 is 11.3 Å². The highest BCUT2D eigenvalue weighted by molar-refractivity contribution is 7.15. The number of thiazole rings is 1. The predicted molar refractivity (Wildman–Crippen MR) is 95.5 cm³/mol. The predicted octanol–water partition coefficient (Wildman–Crippen LogP) is 3.00. The number of fused-ring (bicyclic) bond motifs is 2. The maximum absolute atomic E-state index is 12.0. The molecule has 0 amide bonds. The normalized spacial score (nSPS) is 11.2. The minimum absolute atomic E-state index is 0.137. The fourth-order valence-corrected chi connectivity index (χ4v) is 3.45. The summed E-state index contributed by atoms with van der Waals surface area (Å²) < 4.78 is 12.5. The fraction of sp³-hybridized carbons (Fsp3) is 0.167. The molecule has 0 bridgehead atoms. The molecule has 0 radical (unpaired) electrons. The third-order valence-corrected chi connectivity index (χ3v) is 4.68. The maximum atomic E-state index is 12.0. The Morgan fingerprint density at radius 2 is 2.12 bits per heavy atom. The molecular formula is C18H14N2O4S. The number of hydrogen-bond donors (Lipinski definition) is 0. The number of rotatable bonds is 4. The van der Waals surface area contributed by atoms with Crippen molar-refractivity contribution in [2.45, 2.75) is 20.0 Å². The van der Waals surface area contributed by atoms with Crippen molar-refractivity contribution in [2.24, 2.45) is 0 Å². The molecule has 3 heterocycles. The molecule has 1 aromatic carbocycles. The molecule has 0 fully saturated rings. The van der Waals surface area contributed by atoms with Crippen LogP contribution in [0.5, 0.6) is 5.75 Å². The van der Waals surface area contributed by atoms with Crippen LogP contribution in [-0.2, 0) is 13.0 Å². The van der Waals surface area contributed by atoms with Gasteiger partial charge in [-0.1, -0.05) is 6.92 Å². The third kappa shape index (κ3) is 2.94. The van der Waals surface area contributed by atoms with Gasteiger partial charge in [0, 0.05) is 35.2 Å². The summed E-state index contributed by atoms with van der Waals surface area (Å²) in [6.07, 6.45) is 2.44. The molecule has 7 heteroatoms. The average molecular weight is 354 g/mol. The van der Waals surface area contributed by atoms with E-state index in [1.165, 1.54) is 27.9 Å². The summed E-state index contributed by atoms with van der Waals surface area (Å²) >= 11 is 1.39. The second kappa shape index (κ2) is 6.18. The number of nitrogens with zero attached hydrogens (tertiary/aromatic N) is 2. The van der Waals surface area contributed by atoms with E-state index in [0.717, 1.165) is 17.4 Å². The van der Waals surface area contributed by atoms with E-state index in [2.05, 4.69) is 4.98 Å². The third-order valence-electron chi connectivity index (χ3n) is 3.93. The SMILES string of the molecule is CCc1cc(=O)oc2cc(OCc3cc(=O)n4ccsc4n3)ccc12. The number of aromatic nitrogens is 2. The summed E-state index contributed by atoms with van der Waals surface area (Å²) in [5, 5.41) is 2.70. The van der Waals surface area contributed by atoms with Crippen LogP contribution < -0.4 is 15.9 Å². The standard InChI is InChI=1S/C18H14N2O4S/c1-2-11-7-17(22)24-15-9-13(3-4-14(11)15)23-10-12-8-16(21)20-5-6-25-18(20)19-12/h3-9H,2,10H2,1H3. The minimum Gasteiger partial charge on any atom is -0.487 e. The van der Waals surface area contributed by atoms with Gasteiger partial charge in [-0.05, 0) is 24.1 Å². The van der Waals surface area contributed by atoms with Gasteiger partial charge in [0.2, 0.25) is 0 Å². The Hall–Kier alpha value is -2.93. The quantitative estimate of drug-likeness (QED) is 0.527. The van der Waals surface area contributed by atoms with Crippen LogP contribution in [0.4, 0.5) is 0 Å². The van der Waals surface area contributed by atoms with E-state index in [9.17, 15) is 9.59 Å². The molecule has 0 spiro atoms. The zero-order valence-corrected chi connectivity index (χ0v) is 14.2. The number of hydrogen-bond acceptors (Lipinski definition) is 6. The fourth-order valence-electron chi connectivity index (χ4n) is 2.71. The molecule has 0 atom stereocenters. The van der Waals surface area contributed by atoms with Gasteiger partial charge in [0.15, 0.2) is 4.96 Å². The molecule has 0 saturated carbocycles. The lowest BCUT2D eigenvalue weighted by atomic mass is 10.1. The molecular weight excluding hydrogens is 340 g/mol. The molecule has 6 nitrogen and oxygen atoms in total. The molecule has 25 heavy (non-hydrogen) atoms. The molecule has 0 aliphatic heterocycles. The zero-order valence-electron chi connectivity index (χ0n) is 13.4. The molecule has 0 unspecified atom stereocenters. The second-order valence-electron chi connectivity index (χ2n) is 5.53. The first-order chi connectivity index (χ1) is 12.1. The van der Waals surface area contributed by atoms with Gasteiger partial charge in [0.25, 0.3) is 5.56 Å². The molecule has 4 aromatic rings. The van der Waals surface area contributed by atoms with E-state index in [0.29, 0.717) is 22.0 Å². The van der Waals surface area contributed by atoms with Crippen molar-refractivity contribution >= 4 is 27.3 Å². The van der Waals surface area contributed by atoms with Gasteiger partial charge in [-0.2, -0.15) is 0 Å². The Morgan fingerprint density at radius 3 is 2.96 bits per heavy atom. The molecule has 126 valence electrons. The van der Waals surface area contributed by atoms with Gasteiger partial charge in [-0.3, -0.25) is 9.20 Å². The van der Waals surface area contributed by atoms with Crippen LogP contribution in [0, 0.1) is 0 Å². The Balaban J connectivity index is 1.63. The lowest BCUT2D eigenvalue weighted by Gasteiger charge is -2.08. The van der Waals surface area contributed by atoms with E-state index >= 15 is 0 Å². The van der Waals surface area contributed by atoms with Crippen molar-refractivity contribution in [1.29, 1.82) is 0 Å². The lowest BCUT2D eigenvalue weighted by Crippen LogP contribution is -2.14. The first-order valence-corrected chi connectivity index (χ1v) is 8.67. The molecule has 0 aliphatic rings. The Labute approximate surface area is 145 Å². The van der Waals surface area contributed by atoms with Crippen molar-refractivity contribution < 1.29 is 9.15 Å². The van der Waals surface area contributed by atoms with Crippen LogP contribution in [0.15, 0.2) is 55.9 Å². The first kappa shape index (κ1) is 15.6. The van der Waals surface area contributed by atoms with Crippen molar-refractivity contribution in [3.63, 3.8) is 0 Å². The van der Waals surface area contributed by atoms with Crippen LogP contribution in [0.3, 0.4) is 0 Å². The summed E-state index contributed by atoms with van der Waals surface area (Å²) in [4.78, 5) is 28.6. The number of aryl methyl sites for hydroxylation is 1. The smallest absolute Gasteiger partial charge is 0.336 e. The Kier molecular flexibility index (Phi) is 3.85. The van der Waals surface area contributed by atoms with Crippen LogP contribution in [-0.4, -0.2) is 9.38 Å². The highest BCUT2D eigenvalue weighted by Crippen LogP contribution is 2.23. The summed E-state index contributed by atoms with van der Waals surface area (Å²) in [5.41, 5.74) is 1.47. The minimum atomic E-state index is -0.376. The van der Waals surface area contributed by atoms with Gasteiger partial charge < -0.3 is 9.15 Å². The lowest BCUT2D eigenvalue weighted by molar-refractivity contribution is 0.301. The van der Waals surface area contributed by atoms with Gasteiger partial charge in [-0.15, -0.1) is 11.3 Å². The average Bonchev–Trinajstić information content (AvgIpc) is 3.08. The van der Waals surface area contributed by atoms with E-state index in [1.807, 2.05) is 24.4 Å². The van der Waals surface area contributed by atoms with Crippen LogP contribution in [0.2, 0.25) is 0 Å². The summed E-state index contributed by atoms with van der Waals surface area (Å²) in [6, 6.07) is 8.34. The highest BCUT2D eigenvalue weighted by atomic mass is 32.1. The van der Waals surface area contributed by atoms with Crippen LogP contribution in [0.1, 0.15) is 18.2 Å². The Bertz CT molecular complexity index is 1190. The monoisotopic (exact) mass is 354 g/mol. The second-order valence-corrected chi connectivity index (χ2v) is 6.41. The zero-order chi connectivity index (χ0) is 17.4. The Morgan fingerprint density at radius 1 is 1.24 bits per heavy atom. The maximum Gasteiger partial charge on any atom is 0.336 e. The summed E-state index contributed by atoms with van der Waals surface area (Å²) in [7, 11) is 0. The van der Waals surface area contributed by atoms with Gasteiger partial charge in [0.1, 0.15) is 17.9 Å². The highest BCUT2D eigenvalue weighted by Gasteiger charge is 2.08. The number of benzene rings is 1. The van der Waals surface area contributed by atoms with E-state index < -0.39 is 0 Å². The first-order valence-electron chi connectivity index (χ1n) is 7.79. The van der Waals surface area contributed by atoms with E-state index in [-0.39, 0.29) is 17.8 Å². The van der Waals surface area contributed by atoms with Gasteiger partial charge in [-0.25, -0.2) is 9.78 Å². The summed E-state index contributed by atoms with van der Waals surface area (Å²) in [6.45, 7) is 2.15. The summed E-state index contributed by atoms with van der Waals surface area (Å²) in [5.74, 6) is 0.553.